The van der Waals surface area contributed by atoms with Gasteiger partial charge in [0.1, 0.15) is 11.5 Å². The van der Waals surface area contributed by atoms with Gasteiger partial charge in [-0.2, -0.15) is 0 Å². The van der Waals surface area contributed by atoms with Gasteiger partial charge in [0.15, 0.2) is 16.6 Å². The number of methoxy groups -OCH3 is 2. The highest BCUT2D eigenvalue weighted by Gasteiger charge is 2.17. The molecule has 2 N–H and O–H groups in total. The molecule has 0 fully saturated rings. The number of anilines is 1. The predicted molar refractivity (Wildman–Crippen MR) is 116 cm³/mol. The van der Waals surface area contributed by atoms with E-state index in [1.807, 2.05) is 0 Å². The first-order valence-corrected chi connectivity index (χ1v) is 9.22. The molecular weight excluding hydrogens is 414 g/mol. The van der Waals surface area contributed by atoms with Gasteiger partial charge in [-0.15, -0.1) is 0 Å². The molecule has 29 heavy (non-hydrogen) atoms. The van der Waals surface area contributed by atoms with Crippen molar-refractivity contribution in [2.75, 3.05) is 19.1 Å². The van der Waals surface area contributed by atoms with E-state index in [1.54, 1.807) is 56.8 Å². The Morgan fingerprint density at radius 3 is 2.34 bits per heavy atom. The third-order valence-electron chi connectivity index (χ3n) is 4.14. The molecule has 0 atom stereocenters. The minimum absolute atomic E-state index is 0.0663. The number of aromatic nitrogens is 1. The van der Waals surface area contributed by atoms with Crippen molar-refractivity contribution in [2.45, 2.75) is 6.92 Å². The number of amides is 1. The SMILES string of the molecule is COc1cc2nccc(Oc3ccc(N(C(C)=O)C(N)=S)cc3Cl)c2cc1OC. The lowest BCUT2D eigenvalue weighted by Crippen LogP contribution is -2.39. The van der Waals surface area contributed by atoms with Crippen LogP contribution in [0.25, 0.3) is 10.9 Å². The molecule has 9 heteroatoms. The summed E-state index contributed by atoms with van der Waals surface area (Å²) in [5, 5.41) is 0.942. The maximum Gasteiger partial charge on any atom is 0.230 e. The highest BCUT2D eigenvalue weighted by molar-refractivity contribution is 7.80. The number of pyridine rings is 1. The largest absolute Gasteiger partial charge is 0.493 e. The second kappa shape index (κ2) is 8.50. The van der Waals surface area contributed by atoms with Crippen molar-refractivity contribution in [1.82, 2.24) is 4.98 Å². The molecule has 1 heterocycles. The summed E-state index contributed by atoms with van der Waals surface area (Å²) in [7, 11) is 3.11. The van der Waals surface area contributed by atoms with Crippen molar-refractivity contribution in [3.8, 4) is 23.0 Å². The molecule has 1 amide bonds. The molecule has 0 aliphatic carbocycles. The monoisotopic (exact) mass is 431 g/mol. The van der Waals surface area contributed by atoms with Crippen LogP contribution in [0, 0.1) is 0 Å². The number of hydrogen-bond donors (Lipinski definition) is 1. The van der Waals surface area contributed by atoms with Crippen LogP contribution in [0.3, 0.4) is 0 Å². The summed E-state index contributed by atoms with van der Waals surface area (Å²) in [5.41, 5.74) is 6.75. The van der Waals surface area contributed by atoms with Crippen molar-refractivity contribution in [1.29, 1.82) is 0 Å². The molecule has 0 radical (unpaired) electrons. The molecule has 0 unspecified atom stereocenters. The minimum atomic E-state index is -0.316. The van der Waals surface area contributed by atoms with Crippen LogP contribution in [0.1, 0.15) is 6.92 Å². The fourth-order valence-corrected chi connectivity index (χ4v) is 3.28. The molecule has 1 aromatic heterocycles. The van der Waals surface area contributed by atoms with E-state index in [0.29, 0.717) is 34.2 Å². The molecular formula is C20H18ClN3O4S. The summed E-state index contributed by atoms with van der Waals surface area (Å²) in [5.74, 6) is 1.72. The lowest BCUT2D eigenvalue weighted by atomic mass is 10.2. The first-order valence-electron chi connectivity index (χ1n) is 8.44. The van der Waals surface area contributed by atoms with Gasteiger partial charge in [0, 0.05) is 24.6 Å². The lowest BCUT2D eigenvalue weighted by molar-refractivity contribution is -0.115. The predicted octanol–water partition coefficient (Wildman–Crippen LogP) is 4.29. The molecule has 2 aromatic carbocycles. The van der Waals surface area contributed by atoms with Gasteiger partial charge < -0.3 is 19.9 Å². The van der Waals surface area contributed by atoms with Gasteiger partial charge in [0.05, 0.1) is 30.4 Å². The molecule has 0 aliphatic rings. The zero-order chi connectivity index (χ0) is 21.1. The van der Waals surface area contributed by atoms with Crippen LogP contribution in [0.2, 0.25) is 5.02 Å². The number of rotatable bonds is 5. The Kier molecular flexibility index (Phi) is 6.05. The average molecular weight is 432 g/mol. The summed E-state index contributed by atoms with van der Waals surface area (Å²) >= 11 is 11.3. The normalized spacial score (nSPS) is 10.5. The third-order valence-corrected chi connectivity index (χ3v) is 4.61. The Bertz CT molecular complexity index is 1090. The third kappa shape index (κ3) is 4.18. The number of hydrogen-bond acceptors (Lipinski definition) is 6. The van der Waals surface area contributed by atoms with E-state index in [9.17, 15) is 4.79 Å². The lowest BCUT2D eigenvalue weighted by Gasteiger charge is -2.20. The molecule has 0 saturated carbocycles. The molecule has 0 bridgehead atoms. The van der Waals surface area contributed by atoms with Gasteiger partial charge in [-0.1, -0.05) is 11.6 Å². The number of nitrogens with two attached hydrogens (primary N) is 1. The van der Waals surface area contributed by atoms with Gasteiger partial charge in [0.2, 0.25) is 5.91 Å². The highest BCUT2D eigenvalue weighted by Crippen LogP contribution is 2.39. The van der Waals surface area contributed by atoms with Crippen LogP contribution in [-0.4, -0.2) is 30.2 Å². The quantitative estimate of drug-likeness (QED) is 0.603. The van der Waals surface area contributed by atoms with Crippen LogP contribution in [0.5, 0.6) is 23.0 Å². The van der Waals surface area contributed by atoms with Crippen LogP contribution >= 0.6 is 23.8 Å². The number of carbonyl (C=O) groups is 1. The Balaban J connectivity index is 2.01. The van der Waals surface area contributed by atoms with E-state index in [1.165, 1.54) is 11.8 Å². The first kappa shape index (κ1) is 20.6. The molecule has 0 aliphatic heterocycles. The summed E-state index contributed by atoms with van der Waals surface area (Å²) in [6, 6.07) is 10.1. The Morgan fingerprint density at radius 2 is 1.76 bits per heavy atom. The van der Waals surface area contributed by atoms with Crippen molar-refractivity contribution >= 4 is 51.4 Å². The summed E-state index contributed by atoms with van der Waals surface area (Å²) in [4.78, 5) is 17.3. The summed E-state index contributed by atoms with van der Waals surface area (Å²) in [6.07, 6.45) is 1.62. The van der Waals surface area contributed by atoms with E-state index < -0.39 is 0 Å². The maximum atomic E-state index is 11.8. The Labute approximate surface area is 177 Å². The molecule has 7 nitrogen and oxygen atoms in total. The highest BCUT2D eigenvalue weighted by atomic mass is 35.5. The topological polar surface area (TPSA) is 86.9 Å². The van der Waals surface area contributed by atoms with E-state index in [2.05, 4.69) is 4.98 Å². The second-order valence-electron chi connectivity index (χ2n) is 5.94. The number of benzene rings is 2. The molecule has 0 spiro atoms. The molecule has 3 aromatic rings. The van der Waals surface area contributed by atoms with Crippen LogP contribution < -0.4 is 24.8 Å². The number of carbonyl (C=O) groups excluding carboxylic acids is 1. The Hall–Kier alpha value is -3.10. The van der Waals surface area contributed by atoms with Crippen molar-refractivity contribution in [3.63, 3.8) is 0 Å². The number of fused-ring (bicyclic) bond motifs is 1. The number of thiocarbonyl (C=S) groups is 1. The zero-order valence-corrected chi connectivity index (χ0v) is 17.5. The molecule has 0 saturated heterocycles. The fraction of sp³-hybridized carbons (Fsp3) is 0.150. The average Bonchev–Trinajstić information content (AvgIpc) is 2.68. The summed E-state index contributed by atoms with van der Waals surface area (Å²) in [6.45, 7) is 1.36. The van der Waals surface area contributed by atoms with E-state index >= 15 is 0 Å². The standard InChI is InChI=1S/C20H18ClN3O4S/c1-11(25)24(20(22)29)12-4-5-17(14(21)8-12)28-16-6-7-23-15-10-19(27-3)18(26-2)9-13(15)16/h4-10H,1-3H3,(H2,22,29). The van der Waals surface area contributed by atoms with Gasteiger partial charge in [-0.3, -0.25) is 14.7 Å². The van der Waals surface area contributed by atoms with Crippen LogP contribution in [0.4, 0.5) is 5.69 Å². The number of halogens is 1. The van der Waals surface area contributed by atoms with Crippen LogP contribution in [-0.2, 0) is 4.79 Å². The zero-order valence-electron chi connectivity index (χ0n) is 15.9. The van der Waals surface area contributed by atoms with Gasteiger partial charge >= 0.3 is 0 Å². The van der Waals surface area contributed by atoms with E-state index in [4.69, 9.17) is 43.8 Å². The maximum absolute atomic E-state index is 11.8. The van der Waals surface area contributed by atoms with Gasteiger partial charge in [-0.25, -0.2) is 0 Å². The van der Waals surface area contributed by atoms with E-state index in [0.717, 1.165) is 5.39 Å². The van der Waals surface area contributed by atoms with Crippen LogP contribution in [0.15, 0.2) is 42.6 Å². The number of nitrogens with zero attached hydrogens (tertiary/aromatic N) is 2. The fourth-order valence-electron chi connectivity index (χ4n) is 2.83. The van der Waals surface area contributed by atoms with Crippen molar-refractivity contribution in [3.05, 3.63) is 47.6 Å². The Morgan fingerprint density at radius 1 is 1.07 bits per heavy atom. The van der Waals surface area contributed by atoms with Crippen molar-refractivity contribution < 1.29 is 19.0 Å². The smallest absolute Gasteiger partial charge is 0.230 e. The minimum Gasteiger partial charge on any atom is -0.493 e. The second-order valence-corrected chi connectivity index (χ2v) is 6.77. The molecule has 150 valence electrons. The molecule has 3 rings (SSSR count). The number of ether oxygens (including phenoxy) is 3. The van der Waals surface area contributed by atoms with Gasteiger partial charge in [0.25, 0.3) is 0 Å². The van der Waals surface area contributed by atoms with Crippen molar-refractivity contribution in [2.24, 2.45) is 5.73 Å². The van der Waals surface area contributed by atoms with Gasteiger partial charge in [-0.05, 0) is 42.5 Å². The first-order chi connectivity index (χ1) is 13.8. The summed E-state index contributed by atoms with van der Waals surface area (Å²) < 4.78 is 16.7. The van der Waals surface area contributed by atoms with E-state index in [-0.39, 0.29) is 16.0 Å².